The van der Waals surface area contributed by atoms with Gasteiger partial charge < -0.3 is 18.3 Å². The topological polar surface area (TPSA) is 34.5 Å². The summed E-state index contributed by atoms with van der Waals surface area (Å²) in [5.74, 6) is 0. The smallest absolute Gasteiger partial charge is 0.159 e. The van der Waals surface area contributed by atoms with Gasteiger partial charge in [-0.2, -0.15) is 0 Å². The van der Waals surface area contributed by atoms with Crippen LogP contribution in [0.25, 0.3) is 82.1 Å². The van der Waals surface area contributed by atoms with Crippen molar-refractivity contribution in [3.63, 3.8) is 0 Å². The van der Waals surface area contributed by atoms with Gasteiger partial charge in [-0.15, -0.1) is 0 Å². The van der Waals surface area contributed by atoms with E-state index in [0.29, 0.717) is 0 Å². The Balaban J connectivity index is 1.20. The SMILES string of the molecule is c1ccc(-n2c3ccccc3c3ccc(N(c4ccc5cc6c(cc5c4)oc4ccccc46)c4cccc5c4oc4ccccc45)cc32)cc1. The van der Waals surface area contributed by atoms with E-state index in [1.54, 1.807) is 0 Å². The fourth-order valence-electron chi connectivity index (χ4n) is 7.88. The van der Waals surface area contributed by atoms with E-state index in [1.165, 1.54) is 16.3 Å². The van der Waals surface area contributed by atoms with E-state index in [-0.39, 0.29) is 0 Å². The number of aromatic nitrogens is 1. The largest absolute Gasteiger partial charge is 0.456 e. The average Bonchev–Trinajstić information content (AvgIpc) is 3.84. The average molecular weight is 641 g/mol. The maximum Gasteiger partial charge on any atom is 0.159 e. The van der Waals surface area contributed by atoms with Crippen LogP contribution >= 0.6 is 0 Å². The van der Waals surface area contributed by atoms with Crippen molar-refractivity contribution in [3.8, 4) is 5.69 Å². The molecule has 0 aliphatic carbocycles. The highest BCUT2D eigenvalue weighted by Gasteiger charge is 2.22. The second-order valence-electron chi connectivity index (χ2n) is 13.0. The van der Waals surface area contributed by atoms with Gasteiger partial charge in [0.15, 0.2) is 5.58 Å². The van der Waals surface area contributed by atoms with Gasteiger partial charge in [-0.1, -0.05) is 97.1 Å². The number of rotatable bonds is 4. The second-order valence-corrected chi connectivity index (χ2v) is 13.0. The number of benzene rings is 8. The number of fused-ring (bicyclic) bond motifs is 10. The van der Waals surface area contributed by atoms with Crippen molar-refractivity contribution in [1.82, 2.24) is 4.57 Å². The van der Waals surface area contributed by atoms with Gasteiger partial charge in [-0.25, -0.2) is 0 Å². The Labute approximate surface area is 286 Å². The molecule has 0 N–H and O–H groups in total. The summed E-state index contributed by atoms with van der Waals surface area (Å²) < 4.78 is 15.3. The summed E-state index contributed by atoms with van der Waals surface area (Å²) in [6, 6.07) is 60.2. The summed E-state index contributed by atoms with van der Waals surface area (Å²) in [5, 5.41) is 9.16. The first-order valence-electron chi connectivity index (χ1n) is 16.9. The van der Waals surface area contributed by atoms with Crippen molar-refractivity contribution in [2.24, 2.45) is 0 Å². The van der Waals surface area contributed by atoms with Gasteiger partial charge in [-0.3, -0.25) is 0 Å². The molecule has 0 bridgehead atoms. The summed E-state index contributed by atoms with van der Waals surface area (Å²) in [5.41, 5.74) is 10.0. The quantitative estimate of drug-likeness (QED) is 0.192. The maximum absolute atomic E-state index is 6.65. The van der Waals surface area contributed by atoms with Crippen LogP contribution in [0.1, 0.15) is 0 Å². The van der Waals surface area contributed by atoms with Gasteiger partial charge in [-0.05, 0) is 83.6 Å². The summed E-state index contributed by atoms with van der Waals surface area (Å²) in [6.07, 6.45) is 0. The third-order valence-electron chi connectivity index (χ3n) is 10.1. The predicted octanol–water partition coefficient (Wildman–Crippen LogP) is 13.2. The van der Waals surface area contributed by atoms with Crippen LogP contribution in [0.5, 0.6) is 0 Å². The first-order chi connectivity index (χ1) is 24.8. The lowest BCUT2D eigenvalue weighted by atomic mass is 10.0. The molecule has 50 heavy (non-hydrogen) atoms. The van der Waals surface area contributed by atoms with Crippen LogP contribution < -0.4 is 4.90 Å². The van der Waals surface area contributed by atoms with E-state index in [2.05, 4.69) is 155 Å². The third kappa shape index (κ3) is 3.93. The molecule has 0 unspecified atom stereocenters. The number of furan rings is 2. The van der Waals surface area contributed by atoms with Gasteiger partial charge >= 0.3 is 0 Å². The summed E-state index contributed by atoms with van der Waals surface area (Å²) in [4.78, 5) is 2.33. The van der Waals surface area contributed by atoms with Gasteiger partial charge in [0.25, 0.3) is 0 Å². The molecular weight excluding hydrogens is 613 g/mol. The van der Waals surface area contributed by atoms with E-state index < -0.39 is 0 Å². The minimum Gasteiger partial charge on any atom is -0.456 e. The van der Waals surface area contributed by atoms with E-state index in [1.807, 2.05) is 24.3 Å². The van der Waals surface area contributed by atoms with Crippen molar-refractivity contribution >= 4 is 93.5 Å². The highest BCUT2D eigenvalue weighted by Crippen LogP contribution is 2.45. The molecule has 3 aromatic heterocycles. The first kappa shape index (κ1) is 27.2. The van der Waals surface area contributed by atoms with E-state index in [4.69, 9.17) is 8.83 Å². The van der Waals surface area contributed by atoms with Crippen LogP contribution in [0.2, 0.25) is 0 Å². The first-order valence-corrected chi connectivity index (χ1v) is 16.9. The van der Waals surface area contributed by atoms with Crippen LogP contribution in [0.4, 0.5) is 17.1 Å². The fourth-order valence-corrected chi connectivity index (χ4v) is 7.88. The summed E-state index contributed by atoms with van der Waals surface area (Å²) in [7, 11) is 0. The van der Waals surface area contributed by atoms with Crippen LogP contribution in [0.15, 0.2) is 179 Å². The Morgan fingerprint density at radius 2 is 1.04 bits per heavy atom. The van der Waals surface area contributed by atoms with E-state index in [9.17, 15) is 0 Å². The molecule has 0 aliphatic rings. The van der Waals surface area contributed by atoms with Gasteiger partial charge in [0.2, 0.25) is 0 Å². The molecule has 0 spiro atoms. The molecule has 0 fully saturated rings. The molecule has 0 saturated heterocycles. The molecule has 3 heterocycles. The molecule has 0 radical (unpaired) electrons. The highest BCUT2D eigenvalue weighted by atomic mass is 16.3. The van der Waals surface area contributed by atoms with Crippen molar-refractivity contribution in [2.75, 3.05) is 4.90 Å². The minimum atomic E-state index is 0.852. The number of hydrogen-bond acceptors (Lipinski definition) is 3. The third-order valence-corrected chi connectivity index (χ3v) is 10.1. The lowest BCUT2D eigenvalue weighted by molar-refractivity contribution is 0.669. The van der Waals surface area contributed by atoms with Gasteiger partial charge in [0.05, 0.1) is 16.7 Å². The Hall–Kier alpha value is -6.78. The molecule has 4 nitrogen and oxygen atoms in total. The molecule has 0 saturated carbocycles. The minimum absolute atomic E-state index is 0.852. The highest BCUT2D eigenvalue weighted by molar-refractivity contribution is 6.14. The van der Waals surface area contributed by atoms with Crippen molar-refractivity contribution in [3.05, 3.63) is 170 Å². The van der Waals surface area contributed by atoms with Crippen molar-refractivity contribution in [2.45, 2.75) is 0 Å². The predicted molar refractivity (Wildman–Crippen MR) is 208 cm³/mol. The lowest BCUT2D eigenvalue weighted by Gasteiger charge is -2.26. The van der Waals surface area contributed by atoms with Gasteiger partial charge in [0, 0.05) is 49.4 Å². The van der Waals surface area contributed by atoms with E-state index >= 15 is 0 Å². The Morgan fingerprint density at radius 3 is 1.90 bits per heavy atom. The number of hydrogen-bond donors (Lipinski definition) is 0. The van der Waals surface area contributed by atoms with Crippen molar-refractivity contribution in [1.29, 1.82) is 0 Å². The fraction of sp³-hybridized carbons (Fsp3) is 0. The molecule has 0 aliphatic heterocycles. The molecule has 4 heteroatoms. The van der Waals surface area contributed by atoms with E-state index in [0.717, 1.165) is 82.9 Å². The maximum atomic E-state index is 6.65. The van der Waals surface area contributed by atoms with Crippen LogP contribution in [0.3, 0.4) is 0 Å². The standard InChI is InChI=1S/C46H28N2O2/c1-2-11-31(12-3-1)48-40-17-7-4-13-34(40)35-24-23-33(28-42(35)48)47(41-18-10-16-38-36-14-5-9-20-44(36)50-46(38)41)32-22-21-29-26-39-37-15-6-8-19-43(37)49-45(39)27-30(29)25-32/h1-28H. The zero-order valence-electron chi connectivity index (χ0n) is 26.9. The Morgan fingerprint density at radius 1 is 0.380 bits per heavy atom. The number of anilines is 3. The zero-order valence-corrected chi connectivity index (χ0v) is 26.9. The number of para-hydroxylation sites is 5. The zero-order chi connectivity index (χ0) is 32.8. The van der Waals surface area contributed by atoms with Crippen LogP contribution in [0, 0.1) is 0 Å². The monoisotopic (exact) mass is 640 g/mol. The normalized spacial score (nSPS) is 12.0. The molecule has 11 aromatic rings. The number of nitrogens with zero attached hydrogens (tertiary/aromatic N) is 2. The molecule has 11 rings (SSSR count). The summed E-state index contributed by atoms with van der Waals surface area (Å²) >= 11 is 0. The molecule has 0 amide bonds. The molecular formula is C46H28N2O2. The Kier molecular flexibility index (Phi) is 5.63. The van der Waals surface area contributed by atoms with Gasteiger partial charge in [0.1, 0.15) is 16.7 Å². The van der Waals surface area contributed by atoms with Crippen LogP contribution in [-0.2, 0) is 0 Å². The second kappa shape index (κ2) is 10.4. The molecule has 0 atom stereocenters. The van der Waals surface area contributed by atoms with Crippen LogP contribution in [-0.4, -0.2) is 4.57 Å². The summed E-state index contributed by atoms with van der Waals surface area (Å²) in [6.45, 7) is 0. The van der Waals surface area contributed by atoms with Crippen molar-refractivity contribution < 1.29 is 8.83 Å². The molecule has 234 valence electrons. The Bertz CT molecular complexity index is 3110. The molecule has 8 aromatic carbocycles. The lowest BCUT2D eigenvalue weighted by Crippen LogP contribution is -2.10.